The topological polar surface area (TPSA) is 4.93 Å². The lowest BCUT2D eigenvalue weighted by Gasteiger charge is -2.34. The van der Waals surface area contributed by atoms with Crippen molar-refractivity contribution in [3.8, 4) is 5.69 Å². The van der Waals surface area contributed by atoms with E-state index in [0.29, 0.717) is 0 Å². The van der Waals surface area contributed by atoms with Gasteiger partial charge in [0.1, 0.15) is 0 Å². The molecule has 1 aromatic heterocycles. The summed E-state index contributed by atoms with van der Waals surface area (Å²) in [6.07, 6.45) is 11.0. The zero-order chi connectivity index (χ0) is 32.8. The van der Waals surface area contributed by atoms with Gasteiger partial charge in [0, 0.05) is 16.5 Å². The highest BCUT2D eigenvalue weighted by molar-refractivity contribution is 7.19. The van der Waals surface area contributed by atoms with Crippen LogP contribution in [-0.4, -0.2) is 12.6 Å². The Labute approximate surface area is 287 Å². The van der Waals surface area contributed by atoms with Crippen LogP contribution in [0.25, 0.3) is 33.6 Å². The molecular formula is C46H45NSi. The van der Waals surface area contributed by atoms with Gasteiger partial charge in [0.05, 0.1) is 11.0 Å². The number of rotatable bonds is 13. The van der Waals surface area contributed by atoms with Crippen molar-refractivity contribution in [3.05, 3.63) is 169 Å². The Balaban J connectivity index is 1.33. The van der Waals surface area contributed by atoms with Crippen molar-refractivity contribution >= 4 is 56.7 Å². The lowest BCUT2D eigenvalue weighted by Crippen LogP contribution is -2.74. The Morgan fingerprint density at radius 1 is 0.521 bits per heavy atom. The van der Waals surface area contributed by atoms with E-state index in [2.05, 4.69) is 170 Å². The summed E-state index contributed by atoms with van der Waals surface area (Å²) >= 11 is 0. The first-order chi connectivity index (χ1) is 23.7. The van der Waals surface area contributed by atoms with E-state index in [1.54, 1.807) is 0 Å². The molecule has 7 rings (SSSR count). The van der Waals surface area contributed by atoms with Crippen molar-refractivity contribution in [1.82, 2.24) is 4.57 Å². The maximum absolute atomic E-state index is 4.01. The number of fused-ring (bicyclic) bond motifs is 3. The number of aromatic nitrogens is 1. The predicted octanol–water partition coefficient (Wildman–Crippen LogP) is 9.71. The quantitative estimate of drug-likeness (QED) is 0.0673. The summed E-state index contributed by atoms with van der Waals surface area (Å²) in [5.74, 6) is 0. The van der Waals surface area contributed by atoms with Gasteiger partial charge in [0.2, 0.25) is 0 Å². The molecule has 0 aliphatic heterocycles. The van der Waals surface area contributed by atoms with E-state index in [0.717, 1.165) is 12.0 Å². The number of benzene rings is 6. The maximum Gasteiger partial charge on any atom is 0.179 e. The smallest absolute Gasteiger partial charge is 0.179 e. The Morgan fingerprint density at radius 3 is 1.71 bits per heavy atom. The molecular weight excluding hydrogens is 595 g/mol. The van der Waals surface area contributed by atoms with E-state index in [-0.39, 0.29) is 0 Å². The largest absolute Gasteiger partial charge is 0.309 e. The second-order valence-electron chi connectivity index (χ2n) is 13.1. The van der Waals surface area contributed by atoms with E-state index in [1.807, 2.05) is 6.08 Å². The second-order valence-corrected chi connectivity index (χ2v) is 16.9. The predicted molar refractivity (Wildman–Crippen MR) is 212 cm³/mol. The summed E-state index contributed by atoms with van der Waals surface area (Å²) in [5, 5.41) is 8.17. The van der Waals surface area contributed by atoms with Crippen molar-refractivity contribution < 1.29 is 0 Å². The standard InChI is InChI=1S/C46H45NSi/c1-3-5-6-7-8-11-18-37-27-34-46-44(35-37)43-23-16-17-24-45(43)47(46)38-28-32-42(33-29-38)48(39-19-12-9-13-20-39,40-21-14-10-15-22-40)41-30-25-36(4-2)26-31-41/h4,9-10,12-17,19-35H,2-3,5-8,11,18H2,1H3. The molecule has 6 aromatic carbocycles. The lowest BCUT2D eigenvalue weighted by molar-refractivity contribution is 0.607. The third kappa shape index (κ3) is 5.98. The SMILES string of the molecule is C=Cc1ccc([Si](c2ccccc2)(c2ccccc2)c2ccc(-n3c4ccccc4c4cc(CCCCCCCC)ccc43)cc2)cc1. The van der Waals surface area contributed by atoms with E-state index in [4.69, 9.17) is 0 Å². The Morgan fingerprint density at radius 2 is 1.06 bits per heavy atom. The fraction of sp³-hybridized carbons (Fsp3) is 0.174. The van der Waals surface area contributed by atoms with E-state index >= 15 is 0 Å². The summed E-state index contributed by atoms with van der Waals surface area (Å²) in [6, 6.07) is 56.9. The van der Waals surface area contributed by atoms with Crippen LogP contribution >= 0.6 is 0 Å². The second kappa shape index (κ2) is 14.5. The highest BCUT2D eigenvalue weighted by Crippen LogP contribution is 2.33. The van der Waals surface area contributed by atoms with Crippen LogP contribution in [0.2, 0.25) is 0 Å². The van der Waals surface area contributed by atoms with Crippen LogP contribution in [0.15, 0.2) is 158 Å². The minimum Gasteiger partial charge on any atom is -0.309 e. The number of nitrogens with zero attached hydrogens (tertiary/aromatic N) is 1. The molecule has 7 aromatic rings. The Kier molecular flexibility index (Phi) is 9.54. The molecule has 238 valence electrons. The summed E-state index contributed by atoms with van der Waals surface area (Å²) in [5.41, 5.74) is 6.30. The lowest BCUT2D eigenvalue weighted by atomic mass is 10.0. The molecule has 0 saturated heterocycles. The molecule has 0 saturated carbocycles. The van der Waals surface area contributed by atoms with Gasteiger partial charge in [-0.2, -0.15) is 0 Å². The molecule has 0 fully saturated rings. The molecule has 0 aliphatic rings. The van der Waals surface area contributed by atoms with E-state index in [1.165, 1.54) is 92.3 Å². The molecule has 0 aliphatic carbocycles. The molecule has 0 amide bonds. The molecule has 1 heterocycles. The maximum atomic E-state index is 4.01. The van der Waals surface area contributed by atoms with Crippen LogP contribution in [0.5, 0.6) is 0 Å². The molecule has 2 heteroatoms. The molecule has 1 nitrogen and oxygen atoms in total. The first kappa shape index (κ1) is 31.7. The highest BCUT2D eigenvalue weighted by Gasteiger charge is 2.41. The third-order valence-corrected chi connectivity index (χ3v) is 14.9. The molecule has 0 atom stereocenters. The first-order valence-electron chi connectivity index (χ1n) is 17.7. The number of aryl methyl sites for hydroxylation is 1. The number of unbranched alkanes of at least 4 members (excludes halogenated alkanes) is 5. The number of hydrogen-bond donors (Lipinski definition) is 0. The van der Waals surface area contributed by atoms with Gasteiger partial charge < -0.3 is 4.57 Å². The minimum absolute atomic E-state index is 1.14. The Bertz CT molecular complexity index is 2070. The van der Waals surface area contributed by atoms with Crippen molar-refractivity contribution in [2.45, 2.75) is 51.9 Å². The van der Waals surface area contributed by atoms with Gasteiger partial charge in [-0.3, -0.25) is 0 Å². The van der Waals surface area contributed by atoms with Gasteiger partial charge in [-0.05, 0) is 75.0 Å². The molecule has 0 N–H and O–H groups in total. The van der Waals surface area contributed by atoms with Gasteiger partial charge >= 0.3 is 0 Å². The van der Waals surface area contributed by atoms with Gasteiger partial charge in [-0.1, -0.05) is 173 Å². The normalized spacial score (nSPS) is 11.7. The highest BCUT2D eigenvalue weighted by atomic mass is 28.3. The van der Waals surface area contributed by atoms with Crippen LogP contribution < -0.4 is 20.7 Å². The van der Waals surface area contributed by atoms with Crippen LogP contribution in [0.4, 0.5) is 0 Å². The fourth-order valence-corrected chi connectivity index (χ4v) is 12.4. The van der Waals surface area contributed by atoms with E-state index < -0.39 is 8.07 Å². The van der Waals surface area contributed by atoms with Crippen LogP contribution in [0.3, 0.4) is 0 Å². The van der Waals surface area contributed by atoms with Crippen molar-refractivity contribution in [1.29, 1.82) is 0 Å². The van der Waals surface area contributed by atoms with Crippen molar-refractivity contribution in [2.75, 3.05) is 0 Å². The average Bonchev–Trinajstić information content (AvgIpc) is 3.48. The summed E-state index contributed by atoms with van der Waals surface area (Å²) in [7, 11) is -2.63. The molecule has 0 spiro atoms. The van der Waals surface area contributed by atoms with Crippen LogP contribution in [0.1, 0.15) is 56.6 Å². The number of para-hydroxylation sites is 1. The first-order valence-corrected chi connectivity index (χ1v) is 19.7. The molecule has 48 heavy (non-hydrogen) atoms. The van der Waals surface area contributed by atoms with Gasteiger partial charge in [-0.15, -0.1) is 0 Å². The third-order valence-electron chi connectivity index (χ3n) is 10.1. The van der Waals surface area contributed by atoms with Crippen LogP contribution in [-0.2, 0) is 6.42 Å². The van der Waals surface area contributed by atoms with Crippen LogP contribution in [0, 0.1) is 0 Å². The molecule has 0 radical (unpaired) electrons. The Hall–Kier alpha value is -4.92. The molecule has 0 unspecified atom stereocenters. The average molecular weight is 640 g/mol. The van der Waals surface area contributed by atoms with Gasteiger partial charge in [0.25, 0.3) is 0 Å². The fourth-order valence-electron chi connectivity index (χ4n) is 7.67. The molecule has 0 bridgehead atoms. The van der Waals surface area contributed by atoms with Gasteiger partial charge in [0.15, 0.2) is 8.07 Å². The van der Waals surface area contributed by atoms with E-state index in [9.17, 15) is 0 Å². The van der Waals surface area contributed by atoms with Crippen molar-refractivity contribution in [3.63, 3.8) is 0 Å². The number of hydrogen-bond acceptors (Lipinski definition) is 0. The van der Waals surface area contributed by atoms with Gasteiger partial charge in [-0.25, -0.2) is 0 Å². The zero-order valence-corrected chi connectivity index (χ0v) is 29.1. The summed E-state index contributed by atoms with van der Waals surface area (Å²) in [6.45, 7) is 6.30. The minimum atomic E-state index is -2.63. The summed E-state index contributed by atoms with van der Waals surface area (Å²) < 4.78 is 2.45. The zero-order valence-electron chi connectivity index (χ0n) is 28.1. The van der Waals surface area contributed by atoms with Crippen molar-refractivity contribution in [2.24, 2.45) is 0 Å². The summed E-state index contributed by atoms with van der Waals surface area (Å²) in [4.78, 5) is 0. The monoisotopic (exact) mass is 639 g/mol.